The number of hydrogen-bond acceptors (Lipinski definition) is 4. The second kappa shape index (κ2) is 7.17. The standard InChI is InChI=1S/C19H22N2O3/c1-11-8-9-16(13(3)10-11)21-18(22)14(4)24-19(23)15-7-5-6-12(2)17(15)20/h5-10,14H,20H2,1-4H3,(H,21,22)/t14-/m1/s1. The minimum absolute atomic E-state index is 0.265. The molecule has 0 aromatic heterocycles. The van der Waals surface area contributed by atoms with E-state index in [4.69, 9.17) is 10.5 Å². The van der Waals surface area contributed by atoms with Gasteiger partial charge in [0.1, 0.15) is 0 Å². The molecule has 0 spiro atoms. The summed E-state index contributed by atoms with van der Waals surface area (Å²) < 4.78 is 5.24. The van der Waals surface area contributed by atoms with Crippen LogP contribution in [-0.2, 0) is 9.53 Å². The van der Waals surface area contributed by atoms with Gasteiger partial charge in [-0.15, -0.1) is 0 Å². The molecule has 5 nitrogen and oxygen atoms in total. The first-order valence-electron chi connectivity index (χ1n) is 7.73. The van der Waals surface area contributed by atoms with Crippen molar-refractivity contribution in [1.82, 2.24) is 0 Å². The Kier molecular flexibility index (Phi) is 5.24. The van der Waals surface area contributed by atoms with Gasteiger partial charge < -0.3 is 15.8 Å². The van der Waals surface area contributed by atoms with Gasteiger partial charge in [-0.2, -0.15) is 0 Å². The van der Waals surface area contributed by atoms with Crippen molar-refractivity contribution in [3.63, 3.8) is 0 Å². The van der Waals surface area contributed by atoms with Crippen molar-refractivity contribution in [1.29, 1.82) is 0 Å². The molecule has 0 aliphatic carbocycles. The van der Waals surface area contributed by atoms with Gasteiger partial charge in [-0.3, -0.25) is 4.79 Å². The number of aryl methyl sites for hydroxylation is 3. The van der Waals surface area contributed by atoms with Gasteiger partial charge in [-0.1, -0.05) is 29.8 Å². The van der Waals surface area contributed by atoms with E-state index < -0.39 is 12.1 Å². The summed E-state index contributed by atoms with van der Waals surface area (Å²) in [4.78, 5) is 24.5. The summed E-state index contributed by atoms with van der Waals surface area (Å²) >= 11 is 0. The number of ether oxygens (including phenoxy) is 1. The second-order valence-corrected chi connectivity index (χ2v) is 5.89. The lowest BCUT2D eigenvalue weighted by Gasteiger charge is -2.16. The third kappa shape index (κ3) is 3.93. The molecule has 0 unspecified atom stereocenters. The van der Waals surface area contributed by atoms with Crippen LogP contribution in [0.2, 0.25) is 0 Å². The minimum Gasteiger partial charge on any atom is -0.449 e. The molecule has 0 saturated heterocycles. The van der Waals surface area contributed by atoms with Crippen LogP contribution in [0.15, 0.2) is 36.4 Å². The van der Waals surface area contributed by atoms with Crippen LogP contribution in [0.5, 0.6) is 0 Å². The Balaban J connectivity index is 2.06. The monoisotopic (exact) mass is 326 g/mol. The van der Waals surface area contributed by atoms with Gasteiger partial charge >= 0.3 is 5.97 Å². The molecule has 3 N–H and O–H groups in total. The molecule has 2 aromatic carbocycles. The zero-order chi connectivity index (χ0) is 17.9. The highest BCUT2D eigenvalue weighted by Crippen LogP contribution is 2.19. The lowest BCUT2D eigenvalue weighted by Crippen LogP contribution is -2.30. The van der Waals surface area contributed by atoms with Crippen molar-refractivity contribution >= 4 is 23.3 Å². The van der Waals surface area contributed by atoms with Gasteiger partial charge in [0.05, 0.1) is 5.56 Å². The van der Waals surface area contributed by atoms with Crippen molar-refractivity contribution in [2.75, 3.05) is 11.1 Å². The Morgan fingerprint density at radius 2 is 1.79 bits per heavy atom. The summed E-state index contributed by atoms with van der Waals surface area (Å²) in [5.74, 6) is -0.999. The number of carbonyl (C=O) groups is 2. The molecule has 0 aliphatic rings. The number of para-hydroxylation sites is 1. The van der Waals surface area contributed by atoms with Gasteiger partial charge in [0, 0.05) is 11.4 Å². The molecule has 24 heavy (non-hydrogen) atoms. The highest BCUT2D eigenvalue weighted by atomic mass is 16.5. The summed E-state index contributed by atoms with van der Waals surface area (Å²) in [7, 11) is 0. The highest BCUT2D eigenvalue weighted by molar-refractivity contribution is 6.00. The summed E-state index contributed by atoms with van der Waals surface area (Å²) in [5.41, 5.74) is 10.1. The van der Waals surface area contributed by atoms with E-state index in [9.17, 15) is 9.59 Å². The van der Waals surface area contributed by atoms with Crippen LogP contribution < -0.4 is 11.1 Å². The number of nitrogen functional groups attached to an aromatic ring is 1. The maximum Gasteiger partial charge on any atom is 0.341 e. The molecule has 0 bridgehead atoms. The lowest BCUT2D eigenvalue weighted by molar-refractivity contribution is -0.123. The Bertz CT molecular complexity index is 784. The molecule has 126 valence electrons. The average molecular weight is 326 g/mol. The highest BCUT2D eigenvalue weighted by Gasteiger charge is 2.21. The van der Waals surface area contributed by atoms with E-state index in [0.29, 0.717) is 11.4 Å². The fourth-order valence-corrected chi connectivity index (χ4v) is 2.32. The maximum atomic E-state index is 12.2. The normalized spacial score (nSPS) is 11.7. The molecule has 2 rings (SSSR count). The molecule has 2 aromatic rings. The van der Waals surface area contributed by atoms with Gasteiger partial charge in [-0.25, -0.2) is 4.79 Å². The van der Waals surface area contributed by atoms with E-state index in [2.05, 4.69) is 5.32 Å². The van der Waals surface area contributed by atoms with E-state index in [1.165, 1.54) is 6.92 Å². The quantitative estimate of drug-likeness (QED) is 0.666. The SMILES string of the molecule is Cc1ccc(NC(=O)[C@@H](C)OC(=O)c2cccc(C)c2N)c(C)c1. The largest absolute Gasteiger partial charge is 0.449 e. The number of benzene rings is 2. The van der Waals surface area contributed by atoms with Gasteiger partial charge in [0.15, 0.2) is 6.10 Å². The average Bonchev–Trinajstić information content (AvgIpc) is 2.52. The number of anilines is 2. The number of esters is 1. The van der Waals surface area contributed by atoms with Crippen LogP contribution in [0.1, 0.15) is 34.0 Å². The van der Waals surface area contributed by atoms with Gasteiger partial charge in [0.25, 0.3) is 5.91 Å². The van der Waals surface area contributed by atoms with Crippen LogP contribution in [-0.4, -0.2) is 18.0 Å². The molecule has 5 heteroatoms. The Labute approximate surface area is 141 Å². The Hall–Kier alpha value is -2.82. The van der Waals surface area contributed by atoms with Crippen molar-refractivity contribution in [3.05, 3.63) is 58.7 Å². The van der Waals surface area contributed by atoms with E-state index in [0.717, 1.165) is 16.7 Å². The van der Waals surface area contributed by atoms with Crippen molar-refractivity contribution in [2.24, 2.45) is 0 Å². The number of amides is 1. The molecular formula is C19H22N2O3. The smallest absolute Gasteiger partial charge is 0.341 e. The first-order chi connectivity index (χ1) is 11.3. The number of nitrogens with two attached hydrogens (primary N) is 1. The molecule has 0 fully saturated rings. The molecule has 0 radical (unpaired) electrons. The number of hydrogen-bond donors (Lipinski definition) is 2. The zero-order valence-electron chi connectivity index (χ0n) is 14.3. The Morgan fingerprint density at radius 3 is 2.46 bits per heavy atom. The molecule has 0 heterocycles. The summed E-state index contributed by atoms with van der Waals surface area (Å²) in [6.45, 7) is 7.23. The fourth-order valence-electron chi connectivity index (χ4n) is 2.32. The van der Waals surface area contributed by atoms with Gasteiger partial charge in [0.2, 0.25) is 0 Å². The number of rotatable bonds is 4. The summed E-state index contributed by atoms with van der Waals surface area (Å²) in [6, 6.07) is 10.8. The summed E-state index contributed by atoms with van der Waals surface area (Å²) in [5, 5.41) is 2.77. The maximum absolute atomic E-state index is 12.2. The van der Waals surface area contributed by atoms with Gasteiger partial charge in [-0.05, 0) is 51.0 Å². The second-order valence-electron chi connectivity index (χ2n) is 5.89. The topological polar surface area (TPSA) is 81.4 Å². The van der Waals surface area contributed by atoms with Crippen LogP contribution in [0, 0.1) is 20.8 Å². The molecule has 1 amide bonds. The fraction of sp³-hybridized carbons (Fsp3) is 0.263. The van der Waals surface area contributed by atoms with Crippen molar-refractivity contribution in [3.8, 4) is 0 Å². The predicted molar refractivity (Wildman–Crippen MR) is 95.0 cm³/mol. The van der Waals surface area contributed by atoms with E-state index in [1.807, 2.05) is 45.0 Å². The number of carbonyl (C=O) groups excluding carboxylic acids is 2. The van der Waals surface area contributed by atoms with Crippen LogP contribution in [0.3, 0.4) is 0 Å². The van der Waals surface area contributed by atoms with E-state index >= 15 is 0 Å². The number of nitrogens with one attached hydrogen (secondary N) is 1. The van der Waals surface area contributed by atoms with Crippen molar-refractivity contribution in [2.45, 2.75) is 33.8 Å². The Morgan fingerprint density at radius 1 is 1.08 bits per heavy atom. The van der Waals surface area contributed by atoms with E-state index in [1.54, 1.807) is 12.1 Å². The molecule has 1 atom stereocenters. The third-order valence-corrected chi connectivity index (χ3v) is 3.84. The van der Waals surface area contributed by atoms with Crippen LogP contribution >= 0.6 is 0 Å². The minimum atomic E-state index is -0.932. The third-order valence-electron chi connectivity index (χ3n) is 3.84. The van der Waals surface area contributed by atoms with E-state index in [-0.39, 0.29) is 11.5 Å². The lowest BCUT2D eigenvalue weighted by atomic mass is 10.1. The summed E-state index contributed by atoms with van der Waals surface area (Å²) in [6.07, 6.45) is -0.932. The van der Waals surface area contributed by atoms with Crippen molar-refractivity contribution < 1.29 is 14.3 Å². The van der Waals surface area contributed by atoms with Crippen LogP contribution in [0.4, 0.5) is 11.4 Å². The molecular weight excluding hydrogens is 304 g/mol. The molecule has 0 saturated carbocycles. The van der Waals surface area contributed by atoms with Crippen LogP contribution in [0.25, 0.3) is 0 Å². The molecule has 0 aliphatic heterocycles. The first kappa shape index (κ1) is 17.5. The first-order valence-corrected chi connectivity index (χ1v) is 7.73. The zero-order valence-corrected chi connectivity index (χ0v) is 14.3. The predicted octanol–water partition coefficient (Wildman–Crippen LogP) is 3.38.